The van der Waals surface area contributed by atoms with Crippen molar-refractivity contribution >= 4 is 17.8 Å². The second kappa shape index (κ2) is 9.22. The summed E-state index contributed by atoms with van der Waals surface area (Å²) in [7, 11) is 0. The number of amides is 2. The quantitative estimate of drug-likeness (QED) is 0.702. The number of hydrogen-bond acceptors (Lipinski definition) is 4. The van der Waals surface area contributed by atoms with Gasteiger partial charge in [-0.1, -0.05) is 43.2 Å². The van der Waals surface area contributed by atoms with Gasteiger partial charge >= 0.3 is 5.97 Å². The van der Waals surface area contributed by atoms with Gasteiger partial charge < -0.3 is 15.4 Å². The molecule has 1 saturated carbocycles. The summed E-state index contributed by atoms with van der Waals surface area (Å²) in [5, 5.41) is 5.74. The molecule has 1 aliphatic carbocycles. The molecule has 1 unspecified atom stereocenters. The van der Waals surface area contributed by atoms with Crippen LogP contribution in [0.25, 0.3) is 0 Å². The number of ether oxygens (including phenoxy) is 1. The van der Waals surface area contributed by atoms with Crippen LogP contribution in [0.2, 0.25) is 0 Å². The first-order valence-corrected chi connectivity index (χ1v) is 9.94. The molecular formula is C22H32N2O4. The minimum absolute atomic E-state index is 0.102. The third-order valence-electron chi connectivity index (χ3n) is 5.02. The summed E-state index contributed by atoms with van der Waals surface area (Å²) in [5.74, 6) is -0.956. The Morgan fingerprint density at radius 3 is 2.25 bits per heavy atom. The molecule has 0 radical (unpaired) electrons. The van der Waals surface area contributed by atoms with Gasteiger partial charge in [0.2, 0.25) is 5.91 Å². The third kappa shape index (κ3) is 6.36. The average molecular weight is 389 g/mol. The zero-order chi connectivity index (χ0) is 20.8. The highest BCUT2D eigenvalue weighted by atomic mass is 16.5. The number of hydrogen-bond donors (Lipinski definition) is 2. The lowest BCUT2D eigenvalue weighted by molar-refractivity contribution is -0.160. The molecule has 0 saturated heterocycles. The van der Waals surface area contributed by atoms with Crippen molar-refractivity contribution in [3.63, 3.8) is 0 Å². The van der Waals surface area contributed by atoms with E-state index in [9.17, 15) is 14.4 Å². The molecule has 6 nitrogen and oxygen atoms in total. The van der Waals surface area contributed by atoms with Gasteiger partial charge in [-0.25, -0.2) is 0 Å². The van der Waals surface area contributed by atoms with E-state index in [0.717, 1.165) is 18.4 Å². The van der Waals surface area contributed by atoms with Crippen LogP contribution >= 0.6 is 0 Å². The van der Waals surface area contributed by atoms with E-state index in [0.29, 0.717) is 12.8 Å². The molecule has 1 aromatic carbocycles. The zero-order valence-corrected chi connectivity index (χ0v) is 17.3. The van der Waals surface area contributed by atoms with E-state index >= 15 is 0 Å². The predicted octanol–water partition coefficient (Wildman–Crippen LogP) is 3.27. The van der Waals surface area contributed by atoms with E-state index in [1.165, 1.54) is 0 Å². The smallest absolute Gasteiger partial charge is 0.313 e. The summed E-state index contributed by atoms with van der Waals surface area (Å²) < 4.78 is 5.33. The van der Waals surface area contributed by atoms with Crippen LogP contribution in [0.4, 0.5) is 0 Å². The number of rotatable bonds is 7. The summed E-state index contributed by atoms with van der Waals surface area (Å²) in [4.78, 5) is 37.3. The van der Waals surface area contributed by atoms with Gasteiger partial charge in [-0.3, -0.25) is 14.4 Å². The van der Waals surface area contributed by atoms with Gasteiger partial charge in [-0.15, -0.1) is 0 Å². The molecule has 1 fully saturated rings. The molecule has 0 aromatic heterocycles. The Labute approximate surface area is 167 Å². The Bertz CT molecular complexity index is 688. The van der Waals surface area contributed by atoms with Crippen molar-refractivity contribution in [1.29, 1.82) is 0 Å². The third-order valence-corrected chi connectivity index (χ3v) is 5.02. The van der Waals surface area contributed by atoms with Gasteiger partial charge in [0.1, 0.15) is 0 Å². The lowest BCUT2D eigenvalue weighted by Gasteiger charge is -2.28. The summed E-state index contributed by atoms with van der Waals surface area (Å²) >= 11 is 0. The molecule has 1 atom stereocenters. The molecule has 2 rings (SSSR count). The molecule has 0 aliphatic heterocycles. The average Bonchev–Trinajstić information content (AvgIpc) is 3.08. The van der Waals surface area contributed by atoms with Crippen LogP contribution in [0, 0.1) is 5.41 Å². The second-order valence-electron chi connectivity index (χ2n) is 8.74. The van der Waals surface area contributed by atoms with E-state index in [-0.39, 0.29) is 36.4 Å². The van der Waals surface area contributed by atoms with Crippen LogP contribution in [0.3, 0.4) is 0 Å². The predicted molar refractivity (Wildman–Crippen MR) is 107 cm³/mol. The lowest BCUT2D eigenvalue weighted by atomic mass is 9.82. The molecule has 2 N–H and O–H groups in total. The fraction of sp³-hybridized carbons (Fsp3) is 0.591. The fourth-order valence-electron chi connectivity index (χ4n) is 3.67. The van der Waals surface area contributed by atoms with E-state index in [1.807, 2.05) is 58.0 Å². The first-order chi connectivity index (χ1) is 13.1. The Hall–Kier alpha value is -2.37. The van der Waals surface area contributed by atoms with E-state index in [4.69, 9.17) is 4.74 Å². The molecule has 28 heavy (non-hydrogen) atoms. The maximum atomic E-state index is 12.7. The maximum Gasteiger partial charge on any atom is 0.313 e. The van der Waals surface area contributed by atoms with Gasteiger partial charge in [0, 0.05) is 12.0 Å². The summed E-state index contributed by atoms with van der Waals surface area (Å²) in [6.45, 7) is 7.26. The van der Waals surface area contributed by atoms with Crippen molar-refractivity contribution in [2.75, 3.05) is 6.61 Å². The van der Waals surface area contributed by atoms with Gasteiger partial charge in [-0.05, 0) is 46.1 Å². The van der Waals surface area contributed by atoms with E-state index < -0.39 is 11.4 Å². The van der Waals surface area contributed by atoms with Crippen molar-refractivity contribution in [3.8, 4) is 0 Å². The van der Waals surface area contributed by atoms with Crippen LogP contribution in [0.5, 0.6) is 0 Å². The molecule has 0 bridgehead atoms. The van der Waals surface area contributed by atoms with Crippen molar-refractivity contribution in [3.05, 3.63) is 35.9 Å². The second-order valence-corrected chi connectivity index (χ2v) is 8.74. The topological polar surface area (TPSA) is 84.5 Å². The lowest BCUT2D eigenvalue weighted by Crippen LogP contribution is -2.44. The highest BCUT2D eigenvalue weighted by molar-refractivity contribution is 5.88. The summed E-state index contributed by atoms with van der Waals surface area (Å²) in [6.07, 6.45) is 3.10. The molecule has 2 amide bonds. The minimum atomic E-state index is -0.819. The van der Waals surface area contributed by atoms with Crippen molar-refractivity contribution in [2.24, 2.45) is 5.41 Å². The molecule has 6 heteroatoms. The first kappa shape index (κ1) is 21.9. The SMILES string of the molecule is CC(NC(=O)COC(=O)C1(CC(=O)NC(C)(C)C)CCCC1)c1ccccc1. The largest absolute Gasteiger partial charge is 0.455 e. The van der Waals surface area contributed by atoms with E-state index in [1.54, 1.807) is 0 Å². The fourth-order valence-corrected chi connectivity index (χ4v) is 3.67. The normalized spacial score (nSPS) is 16.9. The van der Waals surface area contributed by atoms with E-state index in [2.05, 4.69) is 10.6 Å². The minimum Gasteiger partial charge on any atom is -0.455 e. The number of carbonyl (C=O) groups excluding carboxylic acids is 3. The maximum absolute atomic E-state index is 12.7. The highest BCUT2D eigenvalue weighted by Crippen LogP contribution is 2.42. The molecule has 1 aliphatic rings. The van der Waals surface area contributed by atoms with Crippen molar-refractivity contribution in [2.45, 2.75) is 71.4 Å². The molecule has 154 valence electrons. The number of esters is 1. The van der Waals surface area contributed by atoms with Gasteiger partial charge in [-0.2, -0.15) is 0 Å². The summed E-state index contributed by atoms with van der Waals surface area (Å²) in [5.41, 5.74) is -0.192. The number of carbonyl (C=O) groups is 3. The standard InChI is InChI=1S/C22H32N2O4/c1-16(17-10-6-5-7-11-17)23-19(26)15-28-20(27)22(12-8-9-13-22)14-18(25)24-21(2,3)4/h5-7,10-11,16H,8-9,12-15H2,1-4H3,(H,23,26)(H,24,25). The molecular weight excluding hydrogens is 356 g/mol. The van der Waals surface area contributed by atoms with Crippen LogP contribution in [0.15, 0.2) is 30.3 Å². The van der Waals surface area contributed by atoms with Gasteiger partial charge in [0.15, 0.2) is 6.61 Å². The van der Waals surface area contributed by atoms with Crippen LogP contribution in [0.1, 0.15) is 71.4 Å². The molecule has 1 aromatic rings. The Kier molecular flexibility index (Phi) is 7.22. The Balaban J connectivity index is 1.89. The van der Waals surface area contributed by atoms with Crippen molar-refractivity contribution in [1.82, 2.24) is 10.6 Å². The number of nitrogens with one attached hydrogen (secondary N) is 2. The Morgan fingerprint density at radius 1 is 1.07 bits per heavy atom. The molecule has 0 heterocycles. The highest BCUT2D eigenvalue weighted by Gasteiger charge is 2.44. The van der Waals surface area contributed by atoms with Crippen LogP contribution < -0.4 is 10.6 Å². The molecule has 0 spiro atoms. The van der Waals surface area contributed by atoms with Crippen LogP contribution in [-0.2, 0) is 19.1 Å². The van der Waals surface area contributed by atoms with Crippen molar-refractivity contribution < 1.29 is 19.1 Å². The Morgan fingerprint density at radius 2 is 1.68 bits per heavy atom. The number of benzene rings is 1. The van der Waals surface area contributed by atoms with Gasteiger partial charge in [0.25, 0.3) is 5.91 Å². The zero-order valence-electron chi connectivity index (χ0n) is 17.3. The summed E-state index contributed by atoms with van der Waals surface area (Å²) in [6, 6.07) is 9.41. The van der Waals surface area contributed by atoms with Crippen LogP contribution in [-0.4, -0.2) is 29.9 Å². The van der Waals surface area contributed by atoms with Gasteiger partial charge in [0.05, 0.1) is 11.5 Å². The first-order valence-electron chi connectivity index (χ1n) is 9.94. The monoisotopic (exact) mass is 388 g/mol.